The van der Waals surface area contributed by atoms with E-state index in [1.165, 1.54) is 77.6 Å². The van der Waals surface area contributed by atoms with Crippen LogP contribution in [0.2, 0.25) is 0 Å². The fourth-order valence-corrected chi connectivity index (χ4v) is 4.13. The average molecular weight is 534 g/mol. The van der Waals surface area contributed by atoms with Crippen molar-refractivity contribution in [2.75, 3.05) is 19.8 Å². The van der Waals surface area contributed by atoms with E-state index in [4.69, 9.17) is 9.47 Å². The van der Waals surface area contributed by atoms with Gasteiger partial charge in [-0.15, -0.1) is 0 Å². The summed E-state index contributed by atoms with van der Waals surface area (Å²) in [6.45, 7) is 4.85. The molecular formula is C30H51N3O5. The van der Waals surface area contributed by atoms with Gasteiger partial charge in [-0.25, -0.2) is 14.5 Å². The highest BCUT2D eigenvalue weighted by Crippen LogP contribution is 2.12. The number of unbranched alkanes of at least 4 members (excludes halogenated alkanes) is 14. The molecule has 0 aliphatic heterocycles. The van der Waals surface area contributed by atoms with E-state index in [-0.39, 0.29) is 25.2 Å². The van der Waals surface area contributed by atoms with Gasteiger partial charge in [0.25, 0.3) is 0 Å². The lowest BCUT2D eigenvalue weighted by molar-refractivity contribution is -0.127. The van der Waals surface area contributed by atoms with Gasteiger partial charge in [0.1, 0.15) is 0 Å². The lowest BCUT2D eigenvalue weighted by Gasteiger charge is -2.18. The van der Waals surface area contributed by atoms with Crippen LogP contribution in [-0.4, -0.2) is 47.7 Å². The molecule has 1 aromatic heterocycles. The van der Waals surface area contributed by atoms with Crippen molar-refractivity contribution < 1.29 is 23.9 Å². The molecule has 1 rings (SSSR count). The zero-order chi connectivity index (χ0) is 27.7. The Bertz CT molecular complexity index is 745. The standard InChI is InChI=1S/C30H51N3O5/c1-3-4-5-6-7-8-9-10-11-12-13-14-17-23-32-29(35)37-24-19-15-20-25-38-30(36)33(27(2)34)26-28-21-16-18-22-31-28/h16,18,21-22H,3-15,17,19-20,23-26H2,1-2H3,(H,32,35). The number of nitrogens with one attached hydrogen (secondary N) is 1. The molecule has 0 saturated heterocycles. The van der Waals surface area contributed by atoms with Crippen LogP contribution in [0.4, 0.5) is 9.59 Å². The number of hydrogen-bond acceptors (Lipinski definition) is 6. The number of ether oxygens (including phenoxy) is 2. The molecule has 3 amide bonds. The first-order chi connectivity index (χ1) is 18.5. The van der Waals surface area contributed by atoms with Crippen LogP contribution in [0.25, 0.3) is 0 Å². The first kappa shape index (κ1) is 33.4. The van der Waals surface area contributed by atoms with Gasteiger partial charge < -0.3 is 14.8 Å². The summed E-state index contributed by atoms with van der Waals surface area (Å²) in [5, 5.41) is 2.81. The van der Waals surface area contributed by atoms with Crippen molar-refractivity contribution in [1.82, 2.24) is 15.2 Å². The number of imide groups is 1. The third-order valence-electron chi connectivity index (χ3n) is 6.44. The van der Waals surface area contributed by atoms with E-state index in [0.717, 1.165) is 24.2 Å². The SMILES string of the molecule is CCCCCCCCCCCCCCCNC(=O)OCCCCCOC(=O)N(Cc1ccccn1)C(C)=O. The Morgan fingerprint density at radius 1 is 0.763 bits per heavy atom. The van der Waals surface area contributed by atoms with Crippen LogP contribution in [0.15, 0.2) is 24.4 Å². The number of hydrogen-bond donors (Lipinski definition) is 1. The molecule has 0 spiro atoms. The summed E-state index contributed by atoms with van der Waals surface area (Å²) in [5.41, 5.74) is 0.615. The molecule has 0 atom stereocenters. The maximum absolute atomic E-state index is 12.2. The Kier molecular flexibility index (Phi) is 20.6. The highest BCUT2D eigenvalue weighted by Gasteiger charge is 2.20. The zero-order valence-electron chi connectivity index (χ0n) is 23.9. The molecule has 216 valence electrons. The molecule has 0 unspecified atom stereocenters. The highest BCUT2D eigenvalue weighted by molar-refractivity contribution is 5.90. The first-order valence-corrected chi connectivity index (χ1v) is 14.8. The Morgan fingerprint density at radius 2 is 1.32 bits per heavy atom. The second-order valence-corrected chi connectivity index (χ2v) is 9.91. The van der Waals surface area contributed by atoms with E-state index in [1.54, 1.807) is 24.4 Å². The predicted molar refractivity (Wildman–Crippen MR) is 151 cm³/mol. The number of pyridine rings is 1. The maximum atomic E-state index is 12.2. The molecule has 0 aliphatic carbocycles. The van der Waals surface area contributed by atoms with Gasteiger partial charge in [-0.05, 0) is 37.8 Å². The quantitative estimate of drug-likeness (QED) is 0.154. The second kappa shape index (κ2) is 23.5. The topological polar surface area (TPSA) is 97.8 Å². The molecule has 1 heterocycles. The minimum absolute atomic E-state index is 0.0806. The van der Waals surface area contributed by atoms with Gasteiger partial charge in [0.05, 0.1) is 25.5 Å². The highest BCUT2D eigenvalue weighted by atomic mass is 16.6. The Labute approximate surface area is 230 Å². The van der Waals surface area contributed by atoms with Gasteiger partial charge in [-0.3, -0.25) is 9.78 Å². The van der Waals surface area contributed by atoms with Gasteiger partial charge in [-0.2, -0.15) is 0 Å². The molecular weight excluding hydrogens is 482 g/mol. The van der Waals surface area contributed by atoms with Gasteiger partial charge in [0.2, 0.25) is 5.91 Å². The average Bonchev–Trinajstić information content (AvgIpc) is 2.91. The van der Waals surface area contributed by atoms with E-state index in [1.807, 2.05) is 0 Å². The third kappa shape index (κ3) is 18.6. The number of carbonyl (C=O) groups excluding carboxylic acids is 3. The van der Waals surface area contributed by atoms with E-state index in [9.17, 15) is 14.4 Å². The fourth-order valence-electron chi connectivity index (χ4n) is 4.13. The molecule has 0 aromatic carbocycles. The molecule has 0 fully saturated rings. The van der Waals surface area contributed by atoms with E-state index in [2.05, 4.69) is 17.2 Å². The van der Waals surface area contributed by atoms with Gasteiger partial charge in [0, 0.05) is 19.7 Å². The second-order valence-electron chi connectivity index (χ2n) is 9.91. The largest absolute Gasteiger partial charge is 0.450 e. The minimum Gasteiger partial charge on any atom is -0.450 e. The van der Waals surface area contributed by atoms with Crippen molar-refractivity contribution in [2.45, 2.75) is 123 Å². The molecule has 8 heteroatoms. The lowest BCUT2D eigenvalue weighted by atomic mass is 10.0. The zero-order valence-corrected chi connectivity index (χ0v) is 23.9. The van der Waals surface area contributed by atoms with E-state index < -0.39 is 6.09 Å². The molecule has 0 bridgehead atoms. The van der Waals surface area contributed by atoms with Gasteiger partial charge in [-0.1, -0.05) is 90.0 Å². The first-order valence-electron chi connectivity index (χ1n) is 14.8. The number of aromatic nitrogens is 1. The molecule has 8 nitrogen and oxygen atoms in total. The van der Waals surface area contributed by atoms with Crippen molar-refractivity contribution in [1.29, 1.82) is 0 Å². The lowest BCUT2D eigenvalue weighted by Crippen LogP contribution is -2.35. The van der Waals surface area contributed by atoms with Crippen molar-refractivity contribution >= 4 is 18.1 Å². The molecule has 1 aromatic rings. The summed E-state index contributed by atoms with van der Waals surface area (Å²) < 4.78 is 10.4. The molecule has 38 heavy (non-hydrogen) atoms. The van der Waals surface area contributed by atoms with Crippen molar-refractivity contribution in [3.8, 4) is 0 Å². The Hall–Kier alpha value is -2.64. The Balaban J connectivity index is 1.90. The maximum Gasteiger partial charge on any atom is 0.416 e. The van der Waals surface area contributed by atoms with Crippen molar-refractivity contribution in [3.05, 3.63) is 30.1 Å². The van der Waals surface area contributed by atoms with Crippen LogP contribution in [0, 0.1) is 0 Å². The summed E-state index contributed by atoms with van der Waals surface area (Å²) >= 11 is 0. The normalized spacial score (nSPS) is 10.7. The fraction of sp³-hybridized carbons (Fsp3) is 0.733. The summed E-state index contributed by atoms with van der Waals surface area (Å²) in [4.78, 5) is 41.0. The summed E-state index contributed by atoms with van der Waals surface area (Å²) in [6, 6.07) is 5.32. The van der Waals surface area contributed by atoms with Crippen LogP contribution in [0.5, 0.6) is 0 Å². The molecule has 0 saturated carbocycles. The van der Waals surface area contributed by atoms with Crippen LogP contribution in [-0.2, 0) is 20.8 Å². The van der Waals surface area contributed by atoms with Crippen molar-refractivity contribution in [2.24, 2.45) is 0 Å². The number of rotatable bonds is 22. The molecule has 0 radical (unpaired) electrons. The number of nitrogens with zero attached hydrogens (tertiary/aromatic N) is 2. The van der Waals surface area contributed by atoms with Crippen LogP contribution in [0.1, 0.15) is 122 Å². The van der Waals surface area contributed by atoms with Crippen LogP contribution in [0.3, 0.4) is 0 Å². The minimum atomic E-state index is -0.674. The third-order valence-corrected chi connectivity index (χ3v) is 6.44. The number of alkyl carbamates (subject to hydrolysis) is 1. The van der Waals surface area contributed by atoms with Crippen LogP contribution >= 0.6 is 0 Å². The van der Waals surface area contributed by atoms with Crippen molar-refractivity contribution in [3.63, 3.8) is 0 Å². The van der Waals surface area contributed by atoms with E-state index >= 15 is 0 Å². The molecule has 0 aliphatic rings. The number of carbonyl (C=O) groups is 3. The van der Waals surface area contributed by atoms with Crippen LogP contribution < -0.4 is 5.32 Å². The van der Waals surface area contributed by atoms with Gasteiger partial charge >= 0.3 is 12.2 Å². The summed E-state index contributed by atoms with van der Waals surface area (Å²) in [7, 11) is 0. The monoisotopic (exact) mass is 533 g/mol. The summed E-state index contributed by atoms with van der Waals surface area (Å²) in [5.74, 6) is -0.390. The van der Waals surface area contributed by atoms with E-state index in [0.29, 0.717) is 31.7 Å². The molecule has 1 N–H and O–H groups in total. The number of amides is 3. The summed E-state index contributed by atoms with van der Waals surface area (Å²) in [6.07, 6.45) is 19.6. The Morgan fingerprint density at radius 3 is 1.87 bits per heavy atom. The smallest absolute Gasteiger partial charge is 0.416 e. The predicted octanol–water partition coefficient (Wildman–Crippen LogP) is 7.55. The van der Waals surface area contributed by atoms with Gasteiger partial charge in [0.15, 0.2) is 0 Å².